The molecule has 1 heterocycles. The van der Waals surface area contributed by atoms with E-state index in [2.05, 4.69) is 5.32 Å². The average Bonchev–Trinajstić information content (AvgIpc) is 3.35. The Balaban J connectivity index is 1.66. The van der Waals surface area contributed by atoms with Gasteiger partial charge in [0, 0.05) is 13.0 Å². The van der Waals surface area contributed by atoms with Gasteiger partial charge in [0.15, 0.2) is 0 Å². The molecule has 0 radical (unpaired) electrons. The second-order valence-corrected chi connectivity index (χ2v) is 6.66. The van der Waals surface area contributed by atoms with Crippen molar-refractivity contribution >= 4 is 11.8 Å². The van der Waals surface area contributed by atoms with Crippen LogP contribution in [0.5, 0.6) is 0 Å². The number of carbonyl (C=O) groups is 2. The van der Waals surface area contributed by atoms with Gasteiger partial charge in [-0.15, -0.1) is 0 Å². The quantitative estimate of drug-likeness (QED) is 0.907. The first-order valence-electron chi connectivity index (χ1n) is 8.38. The van der Waals surface area contributed by atoms with Crippen LogP contribution >= 0.6 is 0 Å². The molecule has 1 N–H and O–H groups in total. The standard InChI is InChI=1S/C18H23FN2O2/c1-12-10-14(7-8-15(12)19)18(13-5-6-13)20-16(22)11-21-9-3-2-4-17(21)23/h7-8,10,13,18H,2-6,9,11H2,1H3,(H,20,22)/t18-/m1/s1. The minimum atomic E-state index is -0.228. The summed E-state index contributed by atoms with van der Waals surface area (Å²) in [6.45, 7) is 2.52. The van der Waals surface area contributed by atoms with Gasteiger partial charge in [-0.3, -0.25) is 9.59 Å². The van der Waals surface area contributed by atoms with Crippen molar-refractivity contribution in [3.63, 3.8) is 0 Å². The maximum atomic E-state index is 13.5. The first-order valence-corrected chi connectivity index (χ1v) is 8.38. The van der Waals surface area contributed by atoms with Crippen LogP contribution in [0.2, 0.25) is 0 Å². The lowest BCUT2D eigenvalue weighted by Crippen LogP contribution is -2.44. The molecule has 23 heavy (non-hydrogen) atoms. The molecule has 0 bridgehead atoms. The molecule has 5 heteroatoms. The SMILES string of the molecule is Cc1cc([C@H](NC(=O)CN2CCCCC2=O)C2CC2)ccc1F. The third-order valence-corrected chi connectivity index (χ3v) is 4.71. The van der Waals surface area contributed by atoms with Crippen LogP contribution in [0.4, 0.5) is 4.39 Å². The molecule has 1 saturated heterocycles. The van der Waals surface area contributed by atoms with Crippen molar-refractivity contribution in [2.24, 2.45) is 5.92 Å². The van der Waals surface area contributed by atoms with Crippen molar-refractivity contribution in [3.05, 3.63) is 35.1 Å². The van der Waals surface area contributed by atoms with E-state index >= 15 is 0 Å². The largest absolute Gasteiger partial charge is 0.347 e. The number of hydrogen-bond acceptors (Lipinski definition) is 2. The molecule has 0 spiro atoms. The second kappa shape index (κ2) is 6.69. The number of benzene rings is 1. The molecule has 3 rings (SSSR count). The van der Waals surface area contributed by atoms with Crippen LogP contribution in [-0.2, 0) is 9.59 Å². The summed E-state index contributed by atoms with van der Waals surface area (Å²) in [5.74, 6) is 0.125. The Morgan fingerprint density at radius 3 is 2.83 bits per heavy atom. The summed E-state index contributed by atoms with van der Waals surface area (Å²) in [4.78, 5) is 25.8. The van der Waals surface area contributed by atoms with Gasteiger partial charge in [-0.1, -0.05) is 12.1 Å². The van der Waals surface area contributed by atoms with E-state index < -0.39 is 0 Å². The summed E-state index contributed by atoms with van der Waals surface area (Å²) < 4.78 is 13.5. The lowest BCUT2D eigenvalue weighted by molar-refractivity contribution is -0.138. The third kappa shape index (κ3) is 3.89. The highest BCUT2D eigenvalue weighted by molar-refractivity contribution is 5.85. The van der Waals surface area contributed by atoms with Gasteiger partial charge in [-0.2, -0.15) is 0 Å². The fourth-order valence-electron chi connectivity index (χ4n) is 3.19. The maximum absolute atomic E-state index is 13.5. The van der Waals surface area contributed by atoms with Crippen LogP contribution < -0.4 is 5.32 Å². The predicted molar refractivity (Wildman–Crippen MR) is 85.2 cm³/mol. The number of aryl methyl sites for hydroxylation is 1. The Morgan fingerprint density at radius 1 is 1.39 bits per heavy atom. The highest BCUT2D eigenvalue weighted by Crippen LogP contribution is 2.41. The Morgan fingerprint density at radius 2 is 2.17 bits per heavy atom. The number of nitrogens with zero attached hydrogens (tertiary/aromatic N) is 1. The summed E-state index contributed by atoms with van der Waals surface area (Å²) in [6, 6.07) is 4.93. The smallest absolute Gasteiger partial charge is 0.240 e. The predicted octanol–water partition coefficient (Wildman–Crippen LogP) is 2.71. The zero-order valence-corrected chi connectivity index (χ0v) is 13.5. The van der Waals surface area contributed by atoms with Gasteiger partial charge in [-0.25, -0.2) is 4.39 Å². The second-order valence-electron chi connectivity index (χ2n) is 6.66. The highest BCUT2D eigenvalue weighted by atomic mass is 19.1. The maximum Gasteiger partial charge on any atom is 0.240 e. The molecule has 2 fully saturated rings. The number of halogens is 1. The molecule has 1 aliphatic carbocycles. The van der Waals surface area contributed by atoms with E-state index in [-0.39, 0.29) is 30.2 Å². The summed E-state index contributed by atoms with van der Waals surface area (Å²) in [7, 11) is 0. The summed E-state index contributed by atoms with van der Waals surface area (Å²) in [6.07, 6.45) is 4.56. The van der Waals surface area contributed by atoms with E-state index in [1.165, 1.54) is 6.07 Å². The van der Waals surface area contributed by atoms with Gasteiger partial charge < -0.3 is 10.2 Å². The van der Waals surface area contributed by atoms with Crippen molar-refractivity contribution in [1.29, 1.82) is 0 Å². The molecular formula is C18H23FN2O2. The van der Waals surface area contributed by atoms with Crippen LogP contribution in [0.1, 0.15) is 49.3 Å². The minimum Gasteiger partial charge on any atom is -0.347 e. The normalized spacial score (nSPS) is 19.6. The topological polar surface area (TPSA) is 49.4 Å². The molecule has 1 aromatic carbocycles. The molecule has 1 aliphatic heterocycles. The molecule has 1 atom stereocenters. The van der Waals surface area contributed by atoms with Crippen molar-refractivity contribution in [2.45, 2.75) is 45.1 Å². The van der Waals surface area contributed by atoms with E-state index in [0.29, 0.717) is 24.4 Å². The Kier molecular flexibility index (Phi) is 4.64. The third-order valence-electron chi connectivity index (χ3n) is 4.71. The Labute approximate surface area is 136 Å². The van der Waals surface area contributed by atoms with Gasteiger partial charge >= 0.3 is 0 Å². The first-order chi connectivity index (χ1) is 11.0. The minimum absolute atomic E-state index is 0.0620. The molecule has 0 unspecified atom stereocenters. The van der Waals surface area contributed by atoms with Crippen molar-refractivity contribution < 1.29 is 14.0 Å². The summed E-state index contributed by atoms with van der Waals surface area (Å²) >= 11 is 0. The van der Waals surface area contributed by atoms with Gasteiger partial charge in [0.2, 0.25) is 11.8 Å². The number of carbonyl (C=O) groups excluding carboxylic acids is 2. The van der Waals surface area contributed by atoms with Crippen molar-refractivity contribution in [1.82, 2.24) is 10.2 Å². The Bertz CT molecular complexity index is 613. The molecule has 1 saturated carbocycles. The van der Waals surface area contributed by atoms with E-state index in [1.54, 1.807) is 17.9 Å². The van der Waals surface area contributed by atoms with E-state index in [9.17, 15) is 14.0 Å². The Hall–Kier alpha value is -1.91. The number of piperidine rings is 1. The van der Waals surface area contributed by atoms with Crippen LogP contribution in [0, 0.1) is 18.7 Å². The van der Waals surface area contributed by atoms with Crippen LogP contribution in [0.15, 0.2) is 18.2 Å². The van der Waals surface area contributed by atoms with E-state index in [0.717, 1.165) is 31.2 Å². The van der Waals surface area contributed by atoms with Crippen molar-refractivity contribution in [3.8, 4) is 0 Å². The molecule has 4 nitrogen and oxygen atoms in total. The number of hydrogen-bond donors (Lipinski definition) is 1. The molecule has 0 aromatic heterocycles. The van der Waals surface area contributed by atoms with Crippen LogP contribution in [0.25, 0.3) is 0 Å². The average molecular weight is 318 g/mol. The summed E-state index contributed by atoms with van der Waals surface area (Å²) in [5, 5.41) is 3.05. The zero-order chi connectivity index (χ0) is 16.4. The molecule has 2 amide bonds. The fraction of sp³-hybridized carbons (Fsp3) is 0.556. The number of likely N-dealkylation sites (tertiary alicyclic amines) is 1. The van der Waals surface area contributed by atoms with Crippen LogP contribution in [-0.4, -0.2) is 29.8 Å². The molecule has 2 aliphatic rings. The zero-order valence-electron chi connectivity index (χ0n) is 13.5. The lowest BCUT2D eigenvalue weighted by Gasteiger charge is -2.27. The molecular weight excluding hydrogens is 295 g/mol. The fourth-order valence-corrected chi connectivity index (χ4v) is 3.19. The first kappa shape index (κ1) is 16.0. The van der Waals surface area contributed by atoms with Gasteiger partial charge in [-0.05, 0) is 55.7 Å². The van der Waals surface area contributed by atoms with E-state index in [1.807, 2.05) is 6.07 Å². The monoisotopic (exact) mass is 318 g/mol. The molecule has 1 aromatic rings. The number of amides is 2. The van der Waals surface area contributed by atoms with Gasteiger partial charge in [0.1, 0.15) is 5.82 Å². The van der Waals surface area contributed by atoms with Gasteiger partial charge in [0.05, 0.1) is 12.6 Å². The highest BCUT2D eigenvalue weighted by Gasteiger charge is 2.34. The van der Waals surface area contributed by atoms with E-state index in [4.69, 9.17) is 0 Å². The summed E-state index contributed by atoms with van der Waals surface area (Å²) in [5.41, 5.74) is 1.54. The number of rotatable bonds is 5. The molecule has 124 valence electrons. The number of nitrogens with one attached hydrogen (secondary N) is 1. The van der Waals surface area contributed by atoms with Crippen LogP contribution in [0.3, 0.4) is 0 Å². The van der Waals surface area contributed by atoms with Crippen molar-refractivity contribution in [2.75, 3.05) is 13.1 Å². The lowest BCUT2D eigenvalue weighted by atomic mass is 10.00. The van der Waals surface area contributed by atoms with Gasteiger partial charge in [0.25, 0.3) is 0 Å².